The first-order valence-corrected chi connectivity index (χ1v) is 23.0. The molecule has 6 aliphatic carbocycles. The van der Waals surface area contributed by atoms with Gasteiger partial charge in [-0.3, -0.25) is 0 Å². The molecule has 0 unspecified atom stereocenters. The summed E-state index contributed by atoms with van der Waals surface area (Å²) in [6.07, 6.45) is 12.7. The van der Waals surface area contributed by atoms with E-state index in [4.69, 9.17) is 41.4 Å². The molecule has 0 radical (unpaired) electrons. The number of hydrogen-bond donors (Lipinski definition) is 2. The molecule has 65 heavy (non-hydrogen) atoms. The Kier molecular flexibility index (Phi) is 22.8. The summed E-state index contributed by atoms with van der Waals surface area (Å²) in [7, 11) is 7.42. The molecule has 9 atom stereocenters. The van der Waals surface area contributed by atoms with Crippen LogP contribution >= 0.6 is 0 Å². The predicted molar refractivity (Wildman–Crippen MR) is 260 cm³/mol. The van der Waals surface area contributed by atoms with Gasteiger partial charge in [-0.2, -0.15) is 0 Å². The topological polar surface area (TPSA) is 134 Å². The van der Waals surface area contributed by atoms with Crippen molar-refractivity contribution in [3.8, 4) is 0 Å². The molecule has 0 bridgehead atoms. The Bertz CT molecular complexity index is 1810. The van der Waals surface area contributed by atoms with E-state index in [0.717, 1.165) is 64.4 Å². The molecule has 0 heterocycles. The summed E-state index contributed by atoms with van der Waals surface area (Å²) < 4.78 is 37.9. The minimum atomic E-state index is -0.537. The van der Waals surface area contributed by atoms with Crippen LogP contribution in [0.5, 0.6) is 0 Å². The van der Waals surface area contributed by atoms with Gasteiger partial charge in [-0.05, 0) is 75.0 Å². The largest absolute Gasteiger partial charge is 0.523 e. The van der Waals surface area contributed by atoms with Crippen LogP contribution in [0.15, 0.2) is 35.0 Å². The van der Waals surface area contributed by atoms with E-state index >= 15 is 0 Å². The standard InChI is InChI=1S/C16H25NO3.C16H23NO3.C14H19NO2.C3H8O.C2H6.2CH4/c2*1-15(2)12-7-6-8-13(20-10-19-5)16(12,3)9-11(17-4)14(15)18;1-13(2)10-6-5-7-11(16)14(10,3)8-9(15-4)12(13)17;1-3-4-2;1-2;;/h12-13,18H,6-10H2,1-3,5H3;9,12-13H,6-8,10H2,1-3,5H3;8,10-11,16H,5-7H2,1-3H3;3H2,1-2H3;1-2H3;2*1H4/t2*12-,13-,16-;10-,11-,14-;;;;/m000..../s1/i;;;;;2*1T. The first-order chi connectivity index (χ1) is 31.5. The number of hydrogen-bond acceptors (Lipinski definition) is 9. The zero-order valence-electron chi connectivity index (χ0n) is 45.4. The van der Waals surface area contributed by atoms with Crippen molar-refractivity contribution in [2.45, 2.75) is 180 Å². The lowest BCUT2D eigenvalue weighted by Gasteiger charge is -2.55. The molecule has 0 aromatic carbocycles. The van der Waals surface area contributed by atoms with E-state index < -0.39 is 22.3 Å². The molecule has 6 rings (SSSR count). The highest BCUT2D eigenvalue weighted by molar-refractivity contribution is 6.03. The Morgan fingerprint density at radius 2 is 1.05 bits per heavy atom. The monoisotopic (exact) mass is 916 g/mol. The van der Waals surface area contributed by atoms with E-state index in [1.807, 2.05) is 75.3 Å². The predicted octanol–water partition coefficient (Wildman–Crippen LogP) is 12.6. The van der Waals surface area contributed by atoms with E-state index in [2.05, 4.69) is 33.1 Å². The van der Waals surface area contributed by atoms with Gasteiger partial charge >= 0.3 is 0 Å². The highest BCUT2D eigenvalue weighted by Crippen LogP contribution is 2.60. The van der Waals surface area contributed by atoms with Gasteiger partial charge in [0.1, 0.15) is 19.3 Å². The number of ketones is 2. The third-order valence-corrected chi connectivity index (χ3v) is 15.3. The average molecular weight is 916 g/mol. The summed E-state index contributed by atoms with van der Waals surface area (Å²) in [6, 6.07) is 0. The lowest BCUT2D eigenvalue weighted by atomic mass is 9.52. The van der Waals surface area contributed by atoms with E-state index in [1.54, 1.807) is 27.4 Å². The van der Waals surface area contributed by atoms with Crippen LogP contribution in [0, 0.1) is 70.0 Å². The number of aliphatic hydroxyl groups is 2. The van der Waals surface area contributed by atoms with Crippen molar-refractivity contribution in [1.82, 2.24) is 0 Å². The third kappa shape index (κ3) is 12.6. The van der Waals surface area contributed by atoms with Gasteiger partial charge in [-0.25, -0.2) is 14.5 Å². The summed E-state index contributed by atoms with van der Waals surface area (Å²) in [5, 5.41) is 20.6. The lowest BCUT2D eigenvalue weighted by molar-refractivity contribution is -0.165. The van der Waals surface area contributed by atoms with E-state index in [-0.39, 0.29) is 82.6 Å². The van der Waals surface area contributed by atoms with Gasteiger partial charge in [0, 0.05) is 57.8 Å². The van der Waals surface area contributed by atoms with Crippen molar-refractivity contribution in [2.24, 2.45) is 50.2 Å². The van der Waals surface area contributed by atoms with Gasteiger partial charge in [0.05, 0.1) is 38.0 Å². The first kappa shape index (κ1) is 57.7. The minimum Gasteiger partial charge on any atom is -0.523 e. The number of rotatable bonds is 7. The number of carbonyl (C=O) groups is 2. The molecule has 0 aromatic heterocycles. The number of ether oxygens (including phenoxy) is 5. The molecule has 0 amide bonds. The third-order valence-electron chi connectivity index (χ3n) is 15.3. The van der Waals surface area contributed by atoms with Crippen LogP contribution < -0.4 is 0 Å². The number of aliphatic hydroxyl groups excluding tert-OH is 2. The van der Waals surface area contributed by atoms with Crippen LogP contribution in [0.3, 0.4) is 0 Å². The van der Waals surface area contributed by atoms with E-state index in [0.29, 0.717) is 18.0 Å². The number of Topliss-reactive ketones (excluding diaryl/α,β-unsaturated/α-hetero) is 2. The second kappa shape index (κ2) is 25.6. The Hall–Kier alpha value is -3.41. The summed E-state index contributed by atoms with van der Waals surface area (Å²) in [6.45, 7) is 47.2. The van der Waals surface area contributed by atoms with Crippen LogP contribution in [-0.4, -0.2) is 81.6 Å². The molecule has 6 aliphatic rings. The second-order valence-corrected chi connectivity index (χ2v) is 20.1. The maximum atomic E-state index is 12.4. The van der Waals surface area contributed by atoms with Crippen molar-refractivity contribution in [3.63, 3.8) is 0 Å². The molecule has 3 fully saturated rings. The Balaban J connectivity index is 0.000000889. The van der Waals surface area contributed by atoms with Crippen LogP contribution in [0.1, 0.15) is 165 Å². The molecular weight excluding hydrogens is 823 g/mol. The maximum absolute atomic E-state index is 12.4. The van der Waals surface area contributed by atoms with Crippen molar-refractivity contribution in [3.05, 3.63) is 69.3 Å². The molecule has 370 valence electrons. The van der Waals surface area contributed by atoms with Gasteiger partial charge < -0.3 is 43.5 Å². The van der Waals surface area contributed by atoms with Gasteiger partial charge in [-0.15, -0.1) is 0 Å². The number of methoxy groups -OCH3 is 3. The highest BCUT2D eigenvalue weighted by atomic mass is 16.7. The van der Waals surface area contributed by atoms with Crippen molar-refractivity contribution in [2.75, 3.05) is 41.5 Å². The number of allylic oxidation sites excluding steroid dienone is 4. The highest BCUT2D eigenvalue weighted by Gasteiger charge is 2.58. The Morgan fingerprint density at radius 1 is 0.646 bits per heavy atom. The van der Waals surface area contributed by atoms with E-state index in [9.17, 15) is 19.8 Å². The second-order valence-electron chi connectivity index (χ2n) is 20.1. The fourth-order valence-electron chi connectivity index (χ4n) is 12.0. The van der Waals surface area contributed by atoms with Crippen molar-refractivity contribution < 1.29 is 46.2 Å². The van der Waals surface area contributed by atoms with Gasteiger partial charge in [0.2, 0.25) is 17.1 Å². The Morgan fingerprint density at radius 3 is 1.48 bits per heavy atom. The molecule has 0 saturated heterocycles. The van der Waals surface area contributed by atoms with Gasteiger partial charge in [0.25, 0.3) is 0 Å². The molecule has 12 heteroatoms. The van der Waals surface area contributed by atoms with Crippen LogP contribution in [0.2, 0.25) is 0 Å². The fourth-order valence-corrected chi connectivity index (χ4v) is 12.0. The number of fused-ring (bicyclic) bond motifs is 3. The smallest absolute Gasteiger partial charge is 0.226 e. The molecule has 3 saturated carbocycles. The molecule has 0 aliphatic heterocycles. The van der Waals surface area contributed by atoms with Crippen molar-refractivity contribution >= 4 is 11.6 Å². The number of nitrogens with zero attached hydrogens (tertiary/aromatic N) is 3. The van der Waals surface area contributed by atoms with Crippen LogP contribution in [-0.2, 0) is 33.3 Å². The molecule has 2 N–H and O–H groups in total. The zero-order chi connectivity index (χ0) is 52.2. The first-order valence-electron chi connectivity index (χ1n) is 25.0. The SMILES string of the molecule is CC.CCOC.[3H]C.[3H]C.[C-]#[N+]C1=C(O)C(C)(C)[C@@H]2CCC[C@H](OCOC)[C@@]2(C)C1.[C-]#[N+]C1=C[C@]2(C)[C@@H](O)CCC[C@H]2C(C)(C)C1=O.[C-]#[N+]C1=C[C@]2(C)[C@@H](OCOC)CCC[C@H]2C(C)(C)C1=O. The minimum absolute atomic E-state index is 0.00493. The molecular formula is C53H89N3O9. The summed E-state index contributed by atoms with van der Waals surface area (Å²) in [5.74, 6) is 0.866. The Labute approximate surface area is 398 Å². The van der Waals surface area contributed by atoms with Gasteiger partial charge in [-0.1, -0.05) is 122 Å². The quantitative estimate of drug-likeness (QED) is 0.189. The van der Waals surface area contributed by atoms with E-state index in [1.165, 1.54) is 14.8 Å². The average Bonchev–Trinajstić information content (AvgIpc) is 3.32. The van der Waals surface area contributed by atoms with Crippen molar-refractivity contribution in [1.29, 1.82) is 0 Å². The van der Waals surface area contributed by atoms with Crippen LogP contribution in [0.4, 0.5) is 0 Å². The summed E-state index contributed by atoms with van der Waals surface area (Å²) in [4.78, 5) is 35.0. The van der Waals surface area contributed by atoms with Gasteiger partial charge in [0.15, 0.2) is 11.6 Å². The molecule has 12 nitrogen and oxygen atoms in total. The number of carbonyl (C=O) groups excluding carboxylic acids is 2. The molecule has 0 spiro atoms. The lowest BCUT2D eigenvalue weighted by Crippen LogP contribution is -2.54. The molecule has 0 aromatic rings. The maximum Gasteiger partial charge on any atom is 0.226 e. The fraction of sp³-hybridized carbons (Fsp3) is 0.792. The summed E-state index contributed by atoms with van der Waals surface area (Å²) in [5.41, 5.74) is -1.22. The zero-order valence-corrected chi connectivity index (χ0v) is 43.4. The summed E-state index contributed by atoms with van der Waals surface area (Å²) >= 11 is 0. The normalized spacial score (nSPS) is 33.5. The van der Waals surface area contributed by atoms with Crippen LogP contribution in [0.25, 0.3) is 14.5 Å².